The van der Waals surface area contributed by atoms with E-state index in [-0.39, 0.29) is 10.8 Å². The van der Waals surface area contributed by atoms with E-state index in [4.69, 9.17) is 4.74 Å². The molecule has 148 valence electrons. The minimum absolute atomic E-state index is 0.257. The van der Waals surface area contributed by atoms with E-state index in [0.29, 0.717) is 35.7 Å². The fourth-order valence-corrected chi connectivity index (χ4v) is 4.91. The van der Waals surface area contributed by atoms with Gasteiger partial charge in [-0.15, -0.1) is 0 Å². The molecular weight excluding hydrogens is 388 g/mol. The monoisotopic (exact) mass is 408 g/mol. The van der Waals surface area contributed by atoms with Crippen LogP contribution in [0.15, 0.2) is 77.7 Å². The van der Waals surface area contributed by atoms with Gasteiger partial charge in [-0.25, -0.2) is 8.42 Å². The number of carbonyl (C=O) groups excluding carboxylic acids is 1. The van der Waals surface area contributed by atoms with E-state index in [0.717, 1.165) is 5.56 Å². The molecule has 6 nitrogen and oxygen atoms in total. The summed E-state index contributed by atoms with van der Waals surface area (Å²) in [6, 6.07) is 20.6. The summed E-state index contributed by atoms with van der Waals surface area (Å²) in [5.41, 5.74) is 2.56. The number of nitrogens with zero attached hydrogens (tertiary/aromatic N) is 1. The average Bonchev–Trinajstić information content (AvgIpc) is 3.18. The van der Waals surface area contributed by atoms with Crippen molar-refractivity contribution in [3.05, 3.63) is 83.9 Å². The average molecular weight is 408 g/mol. The molecule has 0 aromatic heterocycles. The van der Waals surface area contributed by atoms with Crippen LogP contribution in [0.3, 0.4) is 0 Å². The molecule has 0 radical (unpaired) electrons. The van der Waals surface area contributed by atoms with Crippen LogP contribution in [0.5, 0.6) is 5.75 Å². The van der Waals surface area contributed by atoms with Crippen molar-refractivity contribution < 1.29 is 17.9 Å². The Morgan fingerprint density at radius 1 is 1.00 bits per heavy atom. The minimum Gasteiger partial charge on any atom is -0.497 e. The van der Waals surface area contributed by atoms with Crippen LogP contribution in [0.1, 0.15) is 15.9 Å². The smallest absolute Gasteiger partial charge is 0.264 e. The Bertz CT molecular complexity index is 1160. The third kappa shape index (κ3) is 3.69. The molecule has 3 aromatic rings. The van der Waals surface area contributed by atoms with Crippen LogP contribution in [0.4, 0.5) is 11.4 Å². The van der Waals surface area contributed by atoms with Gasteiger partial charge in [0.1, 0.15) is 5.75 Å². The number of amides is 1. The number of anilines is 2. The molecule has 0 unspecified atom stereocenters. The Balaban J connectivity index is 1.58. The van der Waals surface area contributed by atoms with E-state index in [9.17, 15) is 13.2 Å². The van der Waals surface area contributed by atoms with Gasteiger partial charge in [-0.2, -0.15) is 0 Å². The molecule has 0 aliphatic carbocycles. The summed E-state index contributed by atoms with van der Waals surface area (Å²) in [7, 11) is -2.06. The summed E-state index contributed by atoms with van der Waals surface area (Å²) in [6.07, 6.45) is 0.557. The van der Waals surface area contributed by atoms with Gasteiger partial charge in [0, 0.05) is 23.9 Å². The predicted octanol–water partition coefficient (Wildman–Crippen LogP) is 3.70. The lowest BCUT2D eigenvalue weighted by molar-refractivity contribution is 0.102. The predicted molar refractivity (Wildman–Crippen MR) is 112 cm³/mol. The number of rotatable bonds is 5. The molecule has 1 amide bonds. The van der Waals surface area contributed by atoms with Gasteiger partial charge in [-0.05, 0) is 54.4 Å². The van der Waals surface area contributed by atoms with Crippen LogP contribution >= 0.6 is 0 Å². The van der Waals surface area contributed by atoms with Gasteiger partial charge in [0.25, 0.3) is 15.9 Å². The molecule has 0 saturated heterocycles. The van der Waals surface area contributed by atoms with E-state index in [1.54, 1.807) is 79.9 Å². The first-order valence-corrected chi connectivity index (χ1v) is 10.6. The molecule has 7 heteroatoms. The molecule has 1 heterocycles. The van der Waals surface area contributed by atoms with E-state index >= 15 is 0 Å². The second-order valence-electron chi connectivity index (χ2n) is 6.67. The van der Waals surface area contributed by atoms with Crippen molar-refractivity contribution in [3.63, 3.8) is 0 Å². The summed E-state index contributed by atoms with van der Waals surface area (Å²) in [6.45, 7) is 0.355. The number of ether oxygens (including phenoxy) is 1. The lowest BCUT2D eigenvalue weighted by Gasteiger charge is -2.19. The van der Waals surface area contributed by atoms with Crippen LogP contribution in [-0.4, -0.2) is 28.0 Å². The maximum Gasteiger partial charge on any atom is 0.264 e. The van der Waals surface area contributed by atoms with Crippen LogP contribution in [0, 0.1) is 0 Å². The number of fused-ring (bicyclic) bond motifs is 1. The van der Waals surface area contributed by atoms with Gasteiger partial charge in [-0.1, -0.05) is 24.3 Å². The van der Waals surface area contributed by atoms with Gasteiger partial charge in [-0.3, -0.25) is 9.10 Å². The Morgan fingerprint density at radius 3 is 2.55 bits per heavy atom. The van der Waals surface area contributed by atoms with Crippen molar-refractivity contribution in [2.24, 2.45) is 0 Å². The zero-order chi connectivity index (χ0) is 20.4. The Hall–Kier alpha value is -3.32. The molecule has 4 rings (SSSR count). The zero-order valence-corrected chi connectivity index (χ0v) is 16.6. The Kier molecular flexibility index (Phi) is 4.98. The minimum atomic E-state index is -3.62. The largest absolute Gasteiger partial charge is 0.497 e. The fourth-order valence-electron chi connectivity index (χ4n) is 3.39. The summed E-state index contributed by atoms with van der Waals surface area (Å²) in [4.78, 5) is 12.9. The highest BCUT2D eigenvalue weighted by molar-refractivity contribution is 7.92. The number of nitrogens with one attached hydrogen (secondary N) is 1. The van der Waals surface area contributed by atoms with Crippen molar-refractivity contribution in [3.8, 4) is 5.75 Å². The van der Waals surface area contributed by atoms with Crippen LogP contribution in [-0.2, 0) is 16.4 Å². The quantitative estimate of drug-likeness (QED) is 0.699. The third-order valence-electron chi connectivity index (χ3n) is 4.85. The second kappa shape index (κ2) is 7.60. The highest BCUT2D eigenvalue weighted by atomic mass is 32.2. The summed E-state index contributed by atoms with van der Waals surface area (Å²) >= 11 is 0. The fraction of sp³-hybridized carbons (Fsp3) is 0.136. The number of carbonyl (C=O) groups is 1. The van der Waals surface area contributed by atoms with E-state index in [2.05, 4.69) is 5.32 Å². The highest BCUT2D eigenvalue weighted by Gasteiger charge is 2.31. The third-order valence-corrected chi connectivity index (χ3v) is 6.68. The normalized spacial score (nSPS) is 13.1. The number of hydrogen-bond donors (Lipinski definition) is 1. The van der Waals surface area contributed by atoms with Gasteiger partial charge in [0.2, 0.25) is 0 Å². The van der Waals surface area contributed by atoms with E-state index < -0.39 is 10.0 Å². The molecule has 0 bridgehead atoms. The summed E-state index contributed by atoms with van der Waals surface area (Å²) in [5.74, 6) is 0.393. The lowest BCUT2D eigenvalue weighted by atomic mass is 10.1. The molecule has 1 aliphatic rings. The molecule has 0 spiro atoms. The Labute approximate surface area is 169 Å². The lowest BCUT2D eigenvalue weighted by Crippen LogP contribution is -2.29. The van der Waals surface area contributed by atoms with E-state index in [1.165, 1.54) is 4.31 Å². The second-order valence-corrected chi connectivity index (χ2v) is 8.53. The molecule has 0 fully saturated rings. The molecule has 0 saturated carbocycles. The Morgan fingerprint density at radius 2 is 1.79 bits per heavy atom. The zero-order valence-electron chi connectivity index (χ0n) is 15.8. The number of benzene rings is 3. The first-order valence-electron chi connectivity index (χ1n) is 9.15. The maximum absolute atomic E-state index is 13.0. The number of methoxy groups -OCH3 is 1. The van der Waals surface area contributed by atoms with Crippen molar-refractivity contribution in [2.75, 3.05) is 23.3 Å². The van der Waals surface area contributed by atoms with Crippen molar-refractivity contribution >= 4 is 27.3 Å². The van der Waals surface area contributed by atoms with E-state index in [1.807, 2.05) is 0 Å². The molecule has 29 heavy (non-hydrogen) atoms. The first kappa shape index (κ1) is 19.0. The van der Waals surface area contributed by atoms with Gasteiger partial charge in [0.05, 0.1) is 17.7 Å². The number of hydrogen-bond acceptors (Lipinski definition) is 4. The molecule has 0 atom stereocenters. The maximum atomic E-state index is 13.0. The molecular formula is C22H20N2O4S. The summed E-state index contributed by atoms with van der Waals surface area (Å²) < 4.78 is 32.5. The van der Waals surface area contributed by atoms with Crippen molar-refractivity contribution in [1.82, 2.24) is 0 Å². The van der Waals surface area contributed by atoms with Crippen molar-refractivity contribution in [1.29, 1.82) is 0 Å². The summed E-state index contributed by atoms with van der Waals surface area (Å²) in [5, 5.41) is 2.84. The standard InChI is InChI=1S/C22H20N2O4S/c1-28-19-7-5-6-18(15-19)23-22(25)17-10-11-21-16(14-17)12-13-24(21)29(26,27)20-8-3-2-4-9-20/h2-11,14-15H,12-13H2,1H3,(H,23,25). The topological polar surface area (TPSA) is 75.7 Å². The number of sulfonamides is 1. The SMILES string of the molecule is COc1cccc(NC(=O)c2ccc3c(c2)CCN3S(=O)(=O)c2ccccc2)c1. The van der Waals surface area contributed by atoms with Crippen LogP contribution < -0.4 is 14.4 Å². The van der Waals surface area contributed by atoms with Gasteiger partial charge in [0.15, 0.2) is 0 Å². The van der Waals surface area contributed by atoms with Gasteiger partial charge >= 0.3 is 0 Å². The highest BCUT2D eigenvalue weighted by Crippen LogP contribution is 2.33. The molecule has 1 N–H and O–H groups in total. The molecule has 1 aliphatic heterocycles. The van der Waals surface area contributed by atoms with Crippen LogP contribution in [0.25, 0.3) is 0 Å². The van der Waals surface area contributed by atoms with Crippen molar-refractivity contribution in [2.45, 2.75) is 11.3 Å². The van der Waals surface area contributed by atoms with Crippen LogP contribution in [0.2, 0.25) is 0 Å². The first-order chi connectivity index (χ1) is 14.0. The molecule has 3 aromatic carbocycles. The van der Waals surface area contributed by atoms with Gasteiger partial charge < -0.3 is 10.1 Å².